The minimum Gasteiger partial charge on any atom is -0.425 e. The molecule has 0 aliphatic carbocycles. The van der Waals surface area contributed by atoms with Gasteiger partial charge in [-0.15, -0.1) is 11.8 Å². The van der Waals surface area contributed by atoms with E-state index in [0.717, 1.165) is 12.0 Å². The number of fused-ring (bicyclic) bond motifs is 1. The minimum atomic E-state index is -0.358. The van der Waals surface area contributed by atoms with E-state index in [1.54, 1.807) is 12.1 Å². The lowest BCUT2D eigenvalue weighted by atomic mass is 9.76. The molecule has 0 atom stereocenters. The molecule has 0 fully saturated rings. The van der Waals surface area contributed by atoms with Crippen molar-refractivity contribution in [3.05, 3.63) is 53.3 Å². The van der Waals surface area contributed by atoms with Crippen molar-refractivity contribution in [2.24, 2.45) is 0 Å². The molecule has 0 amide bonds. The van der Waals surface area contributed by atoms with E-state index in [1.165, 1.54) is 23.6 Å². The highest BCUT2D eigenvalue weighted by Gasteiger charge is 2.37. The molecule has 26 heavy (non-hydrogen) atoms. The van der Waals surface area contributed by atoms with Gasteiger partial charge < -0.3 is 4.74 Å². The molecule has 1 aromatic heterocycles. The molecule has 0 unspecified atom stereocenters. The van der Waals surface area contributed by atoms with Crippen LogP contribution in [0.1, 0.15) is 57.9 Å². The van der Waals surface area contributed by atoms with Crippen LogP contribution in [0, 0.1) is 11.8 Å². The molecule has 3 rings (SSSR count). The molecule has 0 bridgehead atoms. The zero-order valence-electron chi connectivity index (χ0n) is 15.8. The van der Waals surface area contributed by atoms with Crippen molar-refractivity contribution in [2.75, 3.05) is 0 Å². The first-order valence-corrected chi connectivity index (χ1v) is 9.46. The number of aromatic nitrogens is 1. The Morgan fingerprint density at radius 3 is 2.58 bits per heavy atom. The van der Waals surface area contributed by atoms with Gasteiger partial charge in [-0.05, 0) is 53.7 Å². The number of ether oxygens (including phenoxy) is 1. The first-order valence-electron chi connectivity index (χ1n) is 8.65. The van der Waals surface area contributed by atoms with E-state index in [0.29, 0.717) is 11.4 Å². The van der Waals surface area contributed by atoms with E-state index in [9.17, 15) is 4.79 Å². The van der Waals surface area contributed by atoms with Crippen LogP contribution < -0.4 is 4.74 Å². The Labute approximate surface area is 159 Å². The molecule has 2 aromatic rings. The number of nitrogens with zero attached hydrogens (tertiary/aromatic N) is 1. The van der Waals surface area contributed by atoms with Crippen LogP contribution in [0.25, 0.3) is 0 Å². The average Bonchev–Trinajstić information content (AvgIpc) is 2.52. The Morgan fingerprint density at radius 1 is 1.15 bits per heavy atom. The second-order valence-electron chi connectivity index (χ2n) is 7.86. The maximum absolute atomic E-state index is 10.9. The van der Waals surface area contributed by atoms with Crippen LogP contribution in [-0.2, 0) is 10.2 Å². The number of hydrogen-bond donors (Lipinski definition) is 0. The summed E-state index contributed by atoms with van der Waals surface area (Å²) in [5.41, 5.74) is 3.13. The largest absolute Gasteiger partial charge is 0.425 e. The molecule has 0 N–H and O–H groups in total. The van der Waals surface area contributed by atoms with E-state index in [1.807, 2.05) is 11.8 Å². The van der Waals surface area contributed by atoms with Crippen LogP contribution in [-0.4, -0.2) is 15.7 Å². The average molecular weight is 365 g/mol. The third-order valence-electron chi connectivity index (χ3n) is 4.30. The van der Waals surface area contributed by atoms with E-state index in [2.05, 4.69) is 62.7 Å². The summed E-state index contributed by atoms with van der Waals surface area (Å²) < 4.78 is 5.23. The molecule has 1 aliphatic heterocycles. The Balaban J connectivity index is 1.85. The molecule has 1 aliphatic rings. The number of rotatable bonds is 1. The molecule has 0 saturated heterocycles. The van der Waals surface area contributed by atoms with Gasteiger partial charge in [0, 0.05) is 22.1 Å². The Morgan fingerprint density at radius 2 is 1.92 bits per heavy atom. The van der Waals surface area contributed by atoms with Crippen molar-refractivity contribution in [3.8, 4) is 17.6 Å². The fraction of sp³-hybridized carbons (Fsp3) is 0.364. The van der Waals surface area contributed by atoms with Crippen LogP contribution in [0.2, 0.25) is 0 Å². The van der Waals surface area contributed by atoms with Gasteiger partial charge in [-0.1, -0.05) is 33.6 Å². The molecule has 4 heteroatoms. The van der Waals surface area contributed by atoms with Crippen molar-refractivity contribution in [2.45, 2.75) is 56.1 Å². The first-order chi connectivity index (χ1) is 12.1. The van der Waals surface area contributed by atoms with Gasteiger partial charge in [0.1, 0.15) is 11.4 Å². The molecular formula is C22H23NO2S. The summed E-state index contributed by atoms with van der Waals surface area (Å²) in [6.45, 7) is 10.6. The lowest BCUT2D eigenvalue weighted by Gasteiger charge is -2.41. The number of carbonyl (C=O) groups is 1. The molecule has 0 spiro atoms. The molecule has 0 radical (unpaired) electrons. The molecule has 2 heterocycles. The maximum Gasteiger partial charge on any atom is 0.308 e. The third-order valence-corrected chi connectivity index (χ3v) is 5.57. The number of hydrogen-bond acceptors (Lipinski definition) is 4. The van der Waals surface area contributed by atoms with E-state index in [-0.39, 0.29) is 16.1 Å². The van der Waals surface area contributed by atoms with Gasteiger partial charge in [0.05, 0.1) is 6.20 Å². The van der Waals surface area contributed by atoms with Crippen LogP contribution in [0.5, 0.6) is 5.75 Å². The number of benzene rings is 1. The summed E-state index contributed by atoms with van der Waals surface area (Å²) in [4.78, 5) is 16.5. The van der Waals surface area contributed by atoms with Gasteiger partial charge in [0.15, 0.2) is 0 Å². The maximum atomic E-state index is 10.9. The third kappa shape index (κ3) is 4.28. The Hall–Kier alpha value is -2.25. The summed E-state index contributed by atoms with van der Waals surface area (Å²) in [6.07, 6.45) is 2.65. The van der Waals surface area contributed by atoms with Gasteiger partial charge in [-0.2, -0.15) is 0 Å². The lowest BCUT2D eigenvalue weighted by Crippen LogP contribution is -2.33. The standard InChI is InChI=1S/C22H23NO2S/c1-15(24)25-18-10-9-17(23-13-18)8-6-16-7-11-20-19(12-16)21(2,3)14-22(4,5)26-20/h7,9-13H,14H2,1-5H3. The van der Waals surface area contributed by atoms with E-state index >= 15 is 0 Å². The first kappa shape index (κ1) is 18.5. The van der Waals surface area contributed by atoms with Gasteiger partial charge in [0.25, 0.3) is 0 Å². The molecular weight excluding hydrogens is 342 g/mol. The predicted octanol–water partition coefficient (Wildman–Crippen LogP) is 4.96. The SMILES string of the molecule is CC(=O)Oc1ccc(C#Cc2ccc3c(c2)C(C)(C)CC(C)(C)S3)nc1. The van der Waals surface area contributed by atoms with Crippen molar-refractivity contribution in [1.29, 1.82) is 0 Å². The van der Waals surface area contributed by atoms with Crippen molar-refractivity contribution in [3.63, 3.8) is 0 Å². The highest BCUT2D eigenvalue weighted by atomic mass is 32.2. The topological polar surface area (TPSA) is 39.2 Å². The van der Waals surface area contributed by atoms with E-state index in [4.69, 9.17) is 4.74 Å². The van der Waals surface area contributed by atoms with Crippen molar-refractivity contribution >= 4 is 17.7 Å². The van der Waals surface area contributed by atoms with Crippen LogP contribution in [0.3, 0.4) is 0 Å². The van der Waals surface area contributed by atoms with Crippen molar-refractivity contribution in [1.82, 2.24) is 4.98 Å². The van der Waals surface area contributed by atoms with Crippen LogP contribution in [0.15, 0.2) is 41.4 Å². The second-order valence-corrected chi connectivity index (χ2v) is 9.61. The van der Waals surface area contributed by atoms with Gasteiger partial charge in [-0.25, -0.2) is 4.98 Å². The quantitative estimate of drug-likeness (QED) is 0.529. The molecule has 1 aromatic carbocycles. The van der Waals surface area contributed by atoms with Crippen molar-refractivity contribution < 1.29 is 9.53 Å². The zero-order chi connectivity index (χ0) is 18.9. The fourth-order valence-corrected chi connectivity index (χ4v) is 5.15. The minimum absolute atomic E-state index is 0.131. The highest BCUT2D eigenvalue weighted by Crippen LogP contribution is 2.50. The van der Waals surface area contributed by atoms with Gasteiger partial charge >= 0.3 is 5.97 Å². The normalized spacial score (nSPS) is 16.8. The van der Waals surface area contributed by atoms with Crippen LogP contribution in [0.4, 0.5) is 0 Å². The summed E-state index contributed by atoms with van der Waals surface area (Å²) in [7, 11) is 0. The van der Waals surface area contributed by atoms with Crippen LogP contribution >= 0.6 is 11.8 Å². The van der Waals surface area contributed by atoms with Gasteiger partial charge in [-0.3, -0.25) is 4.79 Å². The fourth-order valence-electron chi connectivity index (χ4n) is 3.54. The summed E-state index contributed by atoms with van der Waals surface area (Å²) in [6, 6.07) is 9.92. The lowest BCUT2D eigenvalue weighted by molar-refractivity contribution is -0.131. The summed E-state index contributed by atoms with van der Waals surface area (Å²) in [5, 5.41) is 0. The monoisotopic (exact) mass is 365 g/mol. The summed E-state index contributed by atoms with van der Waals surface area (Å²) in [5.74, 6) is 6.35. The number of esters is 1. The van der Waals surface area contributed by atoms with E-state index < -0.39 is 0 Å². The second kappa shape index (κ2) is 6.81. The van der Waals surface area contributed by atoms with Gasteiger partial charge in [0.2, 0.25) is 0 Å². The summed E-state index contributed by atoms with van der Waals surface area (Å²) >= 11 is 1.94. The number of thioether (sulfide) groups is 1. The number of carbonyl (C=O) groups excluding carboxylic acids is 1. The molecule has 134 valence electrons. The molecule has 0 saturated carbocycles. The molecule has 3 nitrogen and oxygen atoms in total. The highest BCUT2D eigenvalue weighted by molar-refractivity contribution is 8.00. The Kier molecular flexibility index (Phi) is 4.86. The zero-order valence-corrected chi connectivity index (χ0v) is 16.7. The number of pyridine rings is 1. The smallest absolute Gasteiger partial charge is 0.308 e. The Bertz CT molecular complexity index is 902. The predicted molar refractivity (Wildman–Crippen MR) is 106 cm³/mol.